The molecule has 32 heteroatoms. The quantitative estimate of drug-likeness (QED) is 0.0249. The molecule has 0 aliphatic heterocycles. The van der Waals surface area contributed by atoms with Crippen LogP contribution in [0.4, 0.5) is 0 Å². The van der Waals surface area contributed by atoms with Gasteiger partial charge < -0.3 is 53.1 Å². The summed E-state index contributed by atoms with van der Waals surface area (Å²) in [6.45, 7) is 31.8. The van der Waals surface area contributed by atoms with Crippen molar-refractivity contribution in [2.24, 2.45) is 0 Å². The van der Waals surface area contributed by atoms with Crippen LogP contribution in [-0.4, -0.2) is 146 Å². The zero-order valence-corrected chi connectivity index (χ0v) is 67.5. The topological polar surface area (TPSA) is 111 Å². The molecule has 0 amide bonds. The molecule has 0 aromatic rings. The van der Waals surface area contributed by atoms with Gasteiger partial charge in [-0.1, -0.05) is 138 Å². The van der Waals surface area contributed by atoms with E-state index in [-0.39, 0.29) is 8.16 Å². The molecule has 0 atom stereocenters. The minimum Gasteiger partial charge on any atom is -0.374 e. The Balaban J connectivity index is 3.66. The highest BCUT2D eigenvalue weighted by atomic mass is 33.7. The molecule has 1 aliphatic rings. The fraction of sp³-hybridized carbons (Fsp3) is 1.00. The molecule has 0 aromatic heterocycles. The second-order valence-electron chi connectivity index (χ2n) is 17.3. The average molecular weight is 1500 g/mol. The molecule has 1 rings (SSSR count). The zero-order chi connectivity index (χ0) is 58.8. The monoisotopic (exact) mass is 1500 g/mol. The van der Waals surface area contributed by atoms with Crippen LogP contribution in [-0.2, 0) is 53.1 Å². The second kappa shape index (κ2) is 55.4. The van der Waals surface area contributed by atoms with Crippen molar-refractivity contribution in [3.63, 3.8) is 0 Å². The minimum atomic E-state index is -2.69. The molecule has 1 aliphatic carbocycles. The lowest BCUT2D eigenvalue weighted by Gasteiger charge is -2.47. The summed E-state index contributed by atoms with van der Waals surface area (Å²) in [5, 5.41) is 0. The van der Waals surface area contributed by atoms with Crippen molar-refractivity contribution in [2.45, 2.75) is 205 Å². The third-order valence-corrected chi connectivity index (χ3v) is 54.9. The molecule has 0 saturated heterocycles. The van der Waals surface area contributed by atoms with Gasteiger partial charge in [0.1, 0.15) is 8.16 Å². The largest absolute Gasteiger partial charge is 0.500 e. The predicted octanol–water partition coefficient (Wildman–Crippen LogP) is 21.8. The number of hydrogen-bond acceptors (Lipinski definition) is 28. The van der Waals surface area contributed by atoms with Crippen molar-refractivity contribution in [2.75, 3.05) is 102 Å². The summed E-state index contributed by atoms with van der Waals surface area (Å²) >= 11 is 0. The van der Waals surface area contributed by atoms with Gasteiger partial charge in [0.05, 0.1) is 0 Å². The first kappa shape index (κ1) is 84.0. The van der Waals surface area contributed by atoms with Crippen molar-refractivity contribution in [1.82, 2.24) is 0 Å². The lowest BCUT2D eigenvalue weighted by atomic mass is 9.99. The SMILES string of the molecule is CCO[Si](CCCSSSSC1(SSSSCCC[Si](OCC)(OCC)OCC)CCCCCCCCCCC1(SSSSCCC[Si](OCC)(OCC)OCC)SSSSCCC[Si](OCC)(OCC)OCC)(OCC)OCC. The molecular weight excluding hydrogens is 1390 g/mol. The zero-order valence-electron chi connectivity index (χ0n) is 50.5. The molecule has 0 N–H and O–H groups in total. The Labute approximate surface area is 554 Å². The van der Waals surface area contributed by atoms with Crippen LogP contribution >= 0.6 is 165 Å². The maximum atomic E-state index is 6.23. The van der Waals surface area contributed by atoms with E-state index in [2.05, 4.69) is 43.2 Å². The van der Waals surface area contributed by atoms with Crippen LogP contribution in [0.5, 0.6) is 0 Å². The summed E-state index contributed by atoms with van der Waals surface area (Å²) in [6, 6.07) is 3.35. The van der Waals surface area contributed by atoms with Crippen LogP contribution < -0.4 is 0 Å². The maximum Gasteiger partial charge on any atom is 0.500 e. The van der Waals surface area contributed by atoms with Gasteiger partial charge in [0, 0.05) is 126 Å². The van der Waals surface area contributed by atoms with E-state index >= 15 is 0 Å². The van der Waals surface area contributed by atoms with Crippen LogP contribution in [0.15, 0.2) is 0 Å². The summed E-state index contributed by atoms with van der Waals surface area (Å²) in [5.74, 6) is 4.04. The lowest BCUT2D eigenvalue weighted by molar-refractivity contribution is 0.0704. The normalized spacial score (nSPS) is 16.1. The van der Waals surface area contributed by atoms with Gasteiger partial charge in [0.2, 0.25) is 0 Å². The van der Waals surface area contributed by atoms with E-state index in [1.54, 1.807) is 0 Å². The molecule has 0 radical (unpaired) electrons. The Bertz CT molecular complexity index is 1160. The molecule has 80 heavy (non-hydrogen) atoms. The molecule has 480 valence electrons. The van der Waals surface area contributed by atoms with Crippen LogP contribution in [0.3, 0.4) is 0 Å². The fourth-order valence-corrected chi connectivity index (χ4v) is 54.4. The predicted molar refractivity (Wildman–Crippen MR) is 393 cm³/mol. The highest BCUT2D eigenvalue weighted by Crippen LogP contribution is 2.75. The smallest absolute Gasteiger partial charge is 0.374 e. The molecular formula is C48H104O12S16Si4. The highest BCUT2D eigenvalue weighted by molar-refractivity contribution is 9.31. The third kappa shape index (κ3) is 36.4. The Hall–Kier alpha value is 5.99. The Morgan fingerprint density at radius 2 is 0.425 bits per heavy atom. The van der Waals surface area contributed by atoms with E-state index < -0.39 is 35.2 Å². The van der Waals surface area contributed by atoms with Crippen LogP contribution in [0, 0.1) is 0 Å². The van der Waals surface area contributed by atoms with Gasteiger partial charge in [0.25, 0.3) is 0 Å². The summed E-state index contributed by atoms with van der Waals surface area (Å²) in [7, 11) is 21.5. The van der Waals surface area contributed by atoms with Crippen molar-refractivity contribution < 1.29 is 53.1 Å². The standard InChI is InChI=1S/C48H104O12S16Si4/c1-13-49-77(50-14-2,51-15-3)43-33-39-61-69-73-65-47(66-74-70-62-40-34-44-78(52-16-4,53-17-5)54-18-6)37-31-29-27-25-26-28-30-32-38-48(47,67-75-71-63-41-35-45-79(55-19-7,56-20-8)57-21-9)68-76-72-64-42-36-46-80(58-22-10,59-23-11)60-24-12/h13-46H2,1-12H3. The Morgan fingerprint density at radius 1 is 0.250 bits per heavy atom. The number of rotatable bonds is 56. The van der Waals surface area contributed by atoms with E-state index in [9.17, 15) is 0 Å². The highest BCUT2D eigenvalue weighted by Gasteiger charge is 2.55. The van der Waals surface area contributed by atoms with Gasteiger partial charge >= 0.3 is 35.2 Å². The summed E-state index contributed by atoms with van der Waals surface area (Å²) in [5.41, 5.74) is 0. The molecule has 0 heterocycles. The first-order valence-electron chi connectivity index (χ1n) is 29.2. The molecule has 1 fully saturated rings. The summed E-state index contributed by atoms with van der Waals surface area (Å²) in [4.78, 5) is 0. The first-order valence-corrected chi connectivity index (χ1v) is 56.9. The summed E-state index contributed by atoms with van der Waals surface area (Å²) < 4.78 is 74.5. The summed E-state index contributed by atoms with van der Waals surface area (Å²) in [6.07, 6.45) is 16.5. The fourth-order valence-electron chi connectivity index (χ4n) is 8.49. The third-order valence-electron chi connectivity index (χ3n) is 11.5. The molecule has 12 nitrogen and oxygen atoms in total. The van der Waals surface area contributed by atoms with Gasteiger partial charge in [-0.2, -0.15) is 0 Å². The molecule has 0 unspecified atom stereocenters. The molecule has 0 bridgehead atoms. The van der Waals surface area contributed by atoms with E-state index in [1.807, 2.05) is 205 Å². The van der Waals surface area contributed by atoms with Gasteiger partial charge in [0.15, 0.2) is 0 Å². The van der Waals surface area contributed by atoms with Gasteiger partial charge in [-0.05, 0) is 200 Å². The van der Waals surface area contributed by atoms with Crippen molar-refractivity contribution in [3.8, 4) is 0 Å². The lowest BCUT2D eigenvalue weighted by Crippen LogP contribution is -2.46. The average Bonchev–Trinajstić information content (AvgIpc) is 3.51. The van der Waals surface area contributed by atoms with Crippen LogP contribution in [0.1, 0.15) is 173 Å². The minimum absolute atomic E-state index is 0.119. The van der Waals surface area contributed by atoms with Crippen LogP contribution in [0.2, 0.25) is 24.2 Å². The molecule has 0 spiro atoms. The van der Waals surface area contributed by atoms with Crippen molar-refractivity contribution in [1.29, 1.82) is 0 Å². The Kier molecular flexibility index (Phi) is 58.2. The molecule has 1 saturated carbocycles. The van der Waals surface area contributed by atoms with Crippen LogP contribution in [0.25, 0.3) is 0 Å². The Morgan fingerprint density at radius 3 is 0.600 bits per heavy atom. The van der Waals surface area contributed by atoms with Gasteiger partial charge in [-0.25, -0.2) is 0 Å². The first-order chi connectivity index (χ1) is 39.0. The van der Waals surface area contributed by atoms with E-state index in [4.69, 9.17) is 53.1 Å². The van der Waals surface area contributed by atoms with Gasteiger partial charge in [-0.15, -0.1) is 0 Å². The second-order valence-corrected chi connectivity index (χ2v) is 53.8. The number of hydrogen-bond donors (Lipinski definition) is 0. The van der Waals surface area contributed by atoms with E-state index in [0.29, 0.717) is 79.3 Å². The van der Waals surface area contributed by atoms with Gasteiger partial charge in [-0.3, -0.25) is 0 Å². The van der Waals surface area contributed by atoms with E-state index in [0.717, 1.165) is 85.7 Å². The van der Waals surface area contributed by atoms with Crippen molar-refractivity contribution >= 4 is 200 Å². The van der Waals surface area contributed by atoms with Crippen molar-refractivity contribution in [3.05, 3.63) is 0 Å². The maximum absolute atomic E-state index is 6.23. The van der Waals surface area contributed by atoms with E-state index in [1.165, 1.54) is 51.4 Å². The molecule has 0 aromatic carbocycles.